The van der Waals surface area contributed by atoms with E-state index >= 15 is 0 Å². The number of aromatic nitrogens is 1. The summed E-state index contributed by atoms with van der Waals surface area (Å²) >= 11 is 0. The van der Waals surface area contributed by atoms with Crippen LogP contribution in [-0.4, -0.2) is 37.1 Å². The molecule has 3 rings (SSSR count). The van der Waals surface area contributed by atoms with Crippen molar-refractivity contribution in [3.8, 4) is 0 Å². The lowest BCUT2D eigenvalue weighted by atomic mass is 10.0. The number of halogens is 1. The second-order valence-electron chi connectivity index (χ2n) is 4.81. The zero-order valence-corrected chi connectivity index (χ0v) is 10.7. The van der Waals surface area contributed by atoms with Gasteiger partial charge in [0.25, 0.3) is 0 Å². The van der Waals surface area contributed by atoms with Gasteiger partial charge in [-0.15, -0.1) is 0 Å². The van der Waals surface area contributed by atoms with E-state index in [2.05, 4.69) is 9.88 Å². The highest BCUT2D eigenvalue weighted by Gasteiger charge is 2.37. The molecule has 0 aliphatic carbocycles. The second-order valence-corrected chi connectivity index (χ2v) is 4.81. The van der Waals surface area contributed by atoms with Crippen LogP contribution < -0.4 is 4.90 Å². The van der Waals surface area contributed by atoms with Gasteiger partial charge in [-0.25, -0.2) is 4.98 Å². The van der Waals surface area contributed by atoms with Crippen molar-refractivity contribution in [3.63, 3.8) is 0 Å². The second kappa shape index (κ2) is 5.27. The van der Waals surface area contributed by atoms with Crippen molar-refractivity contribution in [3.05, 3.63) is 36.3 Å². The molecular weight excluding hydrogens is 247 g/mol. The number of piperidine rings is 1. The van der Waals surface area contributed by atoms with Crippen LogP contribution >= 0.6 is 0 Å². The molecule has 1 aromatic rings. The Balaban J connectivity index is 1.66. The number of hydrogen-bond donors (Lipinski definition) is 0. The van der Waals surface area contributed by atoms with Gasteiger partial charge in [-0.3, -0.25) is 0 Å². The van der Waals surface area contributed by atoms with E-state index in [4.69, 9.17) is 9.47 Å². The van der Waals surface area contributed by atoms with Crippen LogP contribution in [0.4, 0.5) is 10.2 Å². The fraction of sp³-hybridized carbons (Fsp3) is 0.500. The van der Waals surface area contributed by atoms with Crippen LogP contribution in [0.25, 0.3) is 0 Å². The minimum Gasteiger partial charge on any atom is -0.356 e. The summed E-state index contributed by atoms with van der Waals surface area (Å²) in [6, 6.07) is 4.88. The SMILES string of the molecule is Fc1cccc(N2CCC3(CC2)OCC=CCO3)n1. The summed E-state index contributed by atoms with van der Waals surface area (Å²) in [4.78, 5) is 5.98. The Morgan fingerprint density at radius 1 is 1.11 bits per heavy atom. The van der Waals surface area contributed by atoms with E-state index in [9.17, 15) is 4.39 Å². The zero-order valence-electron chi connectivity index (χ0n) is 10.7. The molecule has 3 heterocycles. The minimum atomic E-state index is -0.479. The van der Waals surface area contributed by atoms with Crippen LogP contribution in [0.15, 0.2) is 30.4 Å². The number of pyridine rings is 1. The smallest absolute Gasteiger partial charge is 0.214 e. The molecule has 0 amide bonds. The first-order valence-electron chi connectivity index (χ1n) is 6.58. The third kappa shape index (κ3) is 2.77. The Morgan fingerprint density at radius 3 is 2.42 bits per heavy atom. The molecule has 0 atom stereocenters. The zero-order chi connectivity index (χ0) is 13.1. The Labute approximate surface area is 111 Å². The van der Waals surface area contributed by atoms with Gasteiger partial charge in [0, 0.05) is 25.9 Å². The van der Waals surface area contributed by atoms with Crippen LogP contribution in [-0.2, 0) is 9.47 Å². The van der Waals surface area contributed by atoms with Crippen LogP contribution in [0.1, 0.15) is 12.8 Å². The third-order valence-electron chi connectivity index (χ3n) is 3.60. The van der Waals surface area contributed by atoms with Crippen molar-refractivity contribution < 1.29 is 13.9 Å². The van der Waals surface area contributed by atoms with E-state index in [-0.39, 0.29) is 0 Å². The quantitative estimate of drug-likeness (QED) is 0.575. The number of hydrogen-bond acceptors (Lipinski definition) is 4. The van der Waals surface area contributed by atoms with Crippen LogP contribution in [0, 0.1) is 5.95 Å². The Hall–Kier alpha value is -1.46. The Bertz CT molecular complexity index is 458. The normalized spacial score (nSPS) is 22.5. The maximum absolute atomic E-state index is 13.1. The topological polar surface area (TPSA) is 34.6 Å². The van der Waals surface area contributed by atoms with Gasteiger partial charge < -0.3 is 14.4 Å². The lowest BCUT2D eigenvalue weighted by molar-refractivity contribution is -0.232. The summed E-state index contributed by atoms with van der Waals surface area (Å²) in [5.41, 5.74) is 0. The molecule has 0 bridgehead atoms. The molecule has 102 valence electrons. The van der Waals surface area contributed by atoms with Crippen molar-refractivity contribution >= 4 is 5.82 Å². The summed E-state index contributed by atoms with van der Waals surface area (Å²) in [5.74, 6) is -0.238. The average Bonchev–Trinajstić information content (AvgIpc) is 2.66. The molecule has 2 aliphatic rings. The minimum absolute atomic E-state index is 0.441. The van der Waals surface area contributed by atoms with Gasteiger partial charge in [-0.05, 0) is 12.1 Å². The molecule has 5 heteroatoms. The first-order chi connectivity index (χ1) is 9.27. The maximum atomic E-state index is 13.1. The largest absolute Gasteiger partial charge is 0.356 e. The van der Waals surface area contributed by atoms with Gasteiger partial charge in [-0.2, -0.15) is 4.39 Å². The van der Waals surface area contributed by atoms with Gasteiger partial charge in [0.1, 0.15) is 5.82 Å². The van der Waals surface area contributed by atoms with Crippen LogP contribution in [0.5, 0.6) is 0 Å². The summed E-state index contributed by atoms with van der Waals surface area (Å²) < 4.78 is 24.7. The summed E-state index contributed by atoms with van der Waals surface area (Å²) in [5, 5.41) is 0. The highest BCUT2D eigenvalue weighted by Crippen LogP contribution is 2.30. The highest BCUT2D eigenvalue weighted by atomic mass is 19.1. The van der Waals surface area contributed by atoms with Crippen molar-refractivity contribution in [1.82, 2.24) is 4.98 Å². The third-order valence-corrected chi connectivity index (χ3v) is 3.60. The molecule has 1 spiro atoms. The van der Waals surface area contributed by atoms with Gasteiger partial charge in [0.2, 0.25) is 5.95 Å². The molecular formula is C14H17FN2O2. The van der Waals surface area contributed by atoms with Crippen LogP contribution in [0.3, 0.4) is 0 Å². The summed E-state index contributed by atoms with van der Waals surface area (Å²) in [6.07, 6.45) is 5.50. The molecule has 0 radical (unpaired) electrons. The molecule has 0 aromatic carbocycles. The maximum Gasteiger partial charge on any atom is 0.214 e. The number of rotatable bonds is 1. The summed E-state index contributed by atoms with van der Waals surface area (Å²) in [7, 11) is 0. The fourth-order valence-corrected chi connectivity index (χ4v) is 2.52. The highest BCUT2D eigenvalue weighted by molar-refractivity contribution is 5.38. The lowest BCUT2D eigenvalue weighted by Crippen LogP contribution is -2.48. The van der Waals surface area contributed by atoms with E-state index < -0.39 is 11.7 Å². The standard InChI is InChI=1S/C14H17FN2O2/c15-12-4-3-5-13(16-12)17-8-6-14(7-9-17)18-10-1-2-11-19-14/h1-5H,6-11H2. The van der Waals surface area contributed by atoms with Crippen LogP contribution in [0.2, 0.25) is 0 Å². The number of ether oxygens (including phenoxy) is 2. The van der Waals surface area contributed by atoms with Gasteiger partial charge in [0.05, 0.1) is 13.2 Å². The molecule has 1 aromatic heterocycles. The molecule has 1 fully saturated rings. The number of anilines is 1. The fourth-order valence-electron chi connectivity index (χ4n) is 2.52. The van der Waals surface area contributed by atoms with Crippen molar-refractivity contribution in [2.75, 3.05) is 31.2 Å². The van der Waals surface area contributed by atoms with Crippen molar-refractivity contribution in [2.45, 2.75) is 18.6 Å². The van der Waals surface area contributed by atoms with Gasteiger partial charge in [-0.1, -0.05) is 18.2 Å². The van der Waals surface area contributed by atoms with Crippen molar-refractivity contribution in [1.29, 1.82) is 0 Å². The monoisotopic (exact) mass is 264 g/mol. The van der Waals surface area contributed by atoms with Gasteiger partial charge >= 0.3 is 0 Å². The predicted molar refractivity (Wildman–Crippen MR) is 69.4 cm³/mol. The molecule has 0 unspecified atom stereocenters. The molecule has 0 saturated carbocycles. The molecule has 4 nitrogen and oxygen atoms in total. The Morgan fingerprint density at radius 2 is 1.79 bits per heavy atom. The molecule has 19 heavy (non-hydrogen) atoms. The van der Waals surface area contributed by atoms with E-state index in [1.54, 1.807) is 6.07 Å². The van der Waals surface area contributed by atoms with Gasteiger partial charge in [0.15, 0.2) is 5.79 Å². The van der Waals surface area contributed by atoms with Crippen molar-refractivity contribution in [2.24, 2.45) is 0 Å². The molecule has 1 saturated heterocycles. The predicted octanol–water partition coefficient (Wildman–Crippen LogP) is 2.12. The van der Waals surface area contributed by atoms with E-state index in [0.717, 1.165) is 25.9 Å². The number of nitrogens with zero attached hydrogens (tertiary/aromatic N) is 2. The molecule has 0 N–H and O–H groups in total. The first-order valence-corrected chi connectivity index (χ1v) is 6.58. The average molecular weight is 264 g/mol. The van der Waals surface area contributed by atoms with E-state index in [1.807, 2.05) is 18.2 Å². The van der Waals surface area contributed by atoms with E-state index in [0.29, 0.717) is 19.0 Å². The Kier molecular flexibility index (Phi) is 3.48. The molecule has 2 aliphatic heterocycles. The first kappa shape index (κ1) is 12.6. The lowest BCUT2D eigenvalue weighted by Gasteiger charge is -2.40. The van der Waals surface area contributed by atoms with E-state index in [1.165, 1.54) is 6.07 Å². The summed E-state index contributed by atoms with van der Waals surface area (Å²) in [6.45, 7) is 2.71.